The lowest BCUT2D eigenvalue weighted by molar-refractivity contribution is -0.0947. The van der Waals surface area contributed by atoms with E-state index >= 15 is 0 Å². The van der Waals surface area contributed by atoms with Gasteiger partial charge in [0.2, 0.25) is 0 Å². The third-order valence-electron chi connectivity index (χ3n) is 4.63. The van der Waals surface area contributed by atoms with Crippen LogP contribution in [-0.2, 0) is 4.74 Å². The summed E-state index contributed by atoms with van der Waals surface area (Å²) in [6, 6.07) is 0.0940. The zero-order valence-electron chi connectivity index (χ0n) is 17.6. The zero-order chi connectivity index (χ0) is 19.2. The number of amides is 2. The maximum Gasteiger partial charge on any atom is 0.315 e. The molecule has 148 valence electrons. The third kappa shape index (κ3) is 8.38. The number of nitrogens with zero attached hydrogens (tertiary/aromatic N) is 2. The molecule has 0 radical (unpaired) electrons. The van der Waals surface area contributed by atoms with E-state index in [0.29, 0.717) is 12.5 Å². The first-order valence-electron chi connectivity index (χ1n) is 9.59. The fraction of sp³-hybridized carbons (Fsp3) is 0.947. The van der Waals surface area contributed by atoms with E-state index in [1.165, 1.54) is 0 Å². The van der Waals surface area contributed by atoms with Crippen LogP contribution in [0.3, 0.4) is 0 Å². The minimum atomic E-state index is -0.0985. The SMILES string of the molecule is CC(C)CC(CN(C)C)NC(=O)NCC(C)(C)N1CC(C)OC(C)C1. The fourth-order valence-corrected chi connectivity index (χ4v) is 3.51. The maximum atomic E-state index is 12.4. The molecule has 6 heteroatoms. The lowest BCUT2D eigenvalue weighted by Crippen LogP contribution is -2.59. The summed E-state index contributed by atoms with van der Waals surface area (Å²) in [4.78, 5) is 16.9. The van der Waals surface area contributed by atoms with Gasteiger partial charge in [-0.3, -0.25) is 4.90 Å². The van der Waals surface area contributed by atoms with Gasteiger partial charge in [0.15, 0.2) is 0 Å². The van der Waals surface area contributed by atoms with Crippen molar-refractivity contribution < 1.29 is 9.53 Å². The predicted molar refractivity (Wildman–Crippen MR) is 104 cm³/mol. The van der Waals surface area contributed by atoms with E-state index in [0.717, 1.165) is 26.1 Å². The Bertz CT molecular complexity index is 392. The Morgan fingerprint density at radius 1 is 1.24 bits per heavy atom. The molecule has 1 rings (SSSR count). The Kier molecular flexibility index (Phi) is 8.64. The average molecular weight is 357 g/mol. The number of nitrogens with one attached hydrogen (secondary N) is 2. The summed E-state index contributed by atoms with van der Waals surface area (Å²) in [5.41, 5.74) is -0.0985. The number of hydrogen-bond acceptors (Lipinski definition) is 4. The number of carbonyl (C=O) groups is 1. The molecule has 0 saturated carbocycles. The monoisotopic (exact) mass is 356 g/mol. The molecule has 0 aromatic heterocycles. The normalized spacial score (nSPS) is 23.8. The minimum absolute atomic E-state index is 0.0741. The van der Waals surface area contributed by atoms with Gasteiger partial charge in [-0.2, -0.15) is 0 Å². The van der Waals surface area contributed by atoms with E-state index in [4.69, 9.17) is 4.74 Å². The summed E-state index contributed by atoms with van der Waals surface area (Å²) in [7, 11) is 4.08. The van der Waals surface area contributed by atoms with Crippen molar-refractivity contribution >= 4 is 6.03 Å². The lowest BCUT2D eigenvalue weighted by Gasteiger charge is -2.45. The molecule has 0 aromatic rings. The highest BCUT2D eigenvalue weighted by Gasteiger charge is 2.33. The summed E-state index contributed by atoms with van der Waals surface area (Å²) < 4.78 is 5.82. The van der Waals surface area contributed by atoms with Gasteiger partial charge >= 0.3 is 6.03 Å². The number of rotatable bonds is 8. The van der Waals surface area contributed by atoms with Crippen molar-refractivity contribution in [2.75, 3.05) is 40.3 Å². The van der Waals surface area contributed by atoms with E-state index < -0.39 is 0 Å². The van der Waals surface area contributed by atoms with Crippen molar-refractivity contribution in [3.05, 3.63) is 0 Å². The molecule has 1 aliphatic rings. The smallest absolute Gasteiger partial charge is 0.315 e. The summed E-state index contributed by atoms with van der Waals surface area (Å²) >= 11 is 0. The molecule has 1 saturated heterocycles. The van der Waals surface area contributed by atoms with Crippen molar-refractivity contribution in [1.29, 1.82) is 0 Å². The molecular weight excluding hydrogens is 316 g/mol. The number of carbonyl (C=O) groups excluding carboxylic acids is 1. The number of urea groups is 1. The van der Waals surface area contributed by atoms with Crippen LogP contribution in [0.5, 0.6) is 0 Å². The molecule has 1 aliphatic heterocycles. The first-order chi connectivity index (χ1) is 11.5. The third-order valence-corrected chi connectivity index (χ3v) is 4.63. The number of likely N-dealkylation sites (N-methyl/N-ethyl adjacent to an activating group) is 1. The zero-order valence-corrected chi connectivity index (χ0v) is 17.6. The topological polar surface area (TPSA) is 56.8 Å². The van der Waals surface area contributed by atoms with Crippen LogP contribution in [-0.4, -0.2) is 79.9 Å². The molecule has 0 bridgehead atoms. The van der Waals surface area contributed by atoms with Gasteiger partial charge in [0.05, 0.1) is 12.2 Å². The molecule has 2 amide bonds. The van der Waals surface area contributed by atoms with Crippen LogP contribution in [0.2, 0.25) is 0 Å². The molecule has 3 unspecified atom stereocenters. The summed E-state index contributed by atoms with van der Waals surface area (Å²) in [5.74, 6) is 0.554. The quantitative estimate of drug-likeness (QED) is 0.700. The molecule has 0 spiro atoms. The molecule has 2 N–H and O–H groups in total. The van der Waals surface area contributed by atoms with E-state index in [1.54, 1.807) is 0 Å². The van der Waals surface area contributed by atoms with Crippen molar-refractivity contribution in [2.45, 2.75) is 71.8 Å². The van der Waals surface area contributed by atoms with Crippen LogP contribution in [0.1, 0.15) is 48.0 Å². The van der Waals surface area contributed by atoms with Gasteiger partial charge in [0, 0.05) is 37.8 Å². The Morgan fingerprint density at radius 3 is 2.28 bits per heavy atom. The van der Waals surface area contributed by atoms with Crippen molar-refractivity contribution in [3.8, 4) is 0 Å². The van der Waals surface area contributed by atoms with Gasteiger partial charge in [-0.15, -0.1) is 0 Å². The van der Waals surface area contributed by atoms with Crippen molar-refractivity contribution in [2.24, 2.45) is 5.92 Å². The standard InChI is InChI=1S/C19H40N4O2/c1-14(2)9-17(12-22(7)8)21-18(24)20-13-19(5,6)23-10-15(3)25-16(4)11-23/h14-17H,9-13H2,1-8H3,(H2,20,21,24). The van der Waals surface area contributed by atoms with Crippen LogP contribution in [0, 0.1) is 5.92 Å². The van der Waals surface area contributed by atoms with Crippen molar-refractivity contribution in [3.63, 3.8) is 0 Å². The van der Waals surface area contributed by atoms with Gasteiger partial charge in [0.1, 0.15) is 0 Å². The van der Waals surface area contributed by atoms with E-state index in [2.05, 4.69) is 62.0 Å². The lowest BCUT2D eigenvalue weighted by atomic mass is 10.00. The Balaban J connectivity index is 2.52. The van der Waals surface area contributed by atoms with Gasteiger partial charge in [-0.1, -0.05) is 13.8 Å². The fourth-order valence-electron chi connectivity index (χ4n) is 3.51. The Morgan fingerprint density at radius 2 is 1.80 bits per heavy atom. The molecule has 0 aromatic carbocycles. The molecule has 3 atom stereocenters. The van der Waals surface area contributed by atoms with Gasteiger partial charge in [0.25, 0.3) is 0 Å². The molecule has 1 fully saturated rings. The first kappa shape index (κ1) is 22.2. The maximum absolute atomic E-state index is 12.4. The second-order valence-electron chi connectivity index (χ2n) is 8.89. The van der Waals surface area contributed by atoms with E-state index in [-0.39, 0.29) is 29.8 Å². The Labute approximate surface area is 154 Å². The highest BCUT2D eigenvalue weighted by molar-refractivity contribution is 5.74. The van der Waals surface area contributed by atoms with Crippen LogP contribution < -0.4 is 10.6 Å². The molecule has 25 heavy (non-hydrogen) atoms. The average Bonchev–Trinajstić information content (AvgIpc) is 2.42. The van der Waals surface area contributed by atoms with E-state index in [9.17, 15) is 4.79 Å². The van der Waals surface area contributed by atoms with Crippen LogP contribution in [0.25, 0.3) is 0 Å². The molecule has 0 aliphatic carbocycles. The van der Waals surface area contributed by atoms with Crippen LogP contribution in [0.4, 0.5) is 4.79 Å². The second kappa shape index (κ2) is 9.74. The Hall–Kier alpha value is -0.850. The predicted octanol–water partition coefficient (Wildman–Crippen LogP) is 2.15. The van der Waals surface area contributed by atoms with E-state index in [1.807, 2.05) is 14.1 Å². The van der Waals surface area contributed by atoms with Crippen molar-refractivity contribution in [1.82, 2.24) is 20.4 Å². The first-order valence-corrected chi connectivity index (χ1v) is 9.59. The molecule has 6 nitrogen and oxygen atoms in total. The van der Waals surface area contributed by atoms with Gasteiger partial charge in [-0.25, -0.2) is 4.79 Å². The highest BCUT2D eigenvalue weighted by atomic mass is 16.5. The van der Waals surface area contributed by atoms with Crippen LogP contribution in [0.15, 0.2) is 0 Å². The summed E-state index contributed by atoms with van der Waals surface area (Å²) in [5, 5.41) is 6.21. The largest absolute Gasteiger partial charge is 0.373 e. The number of morpholine rings is 1. The number of ether oxygens (including phenoxy) is 1. The molecular formula is C19H40N4O2. The van der Waals surface area contributed by atoms with Gasteiger partial charge in [-0.05, 0) is 54.1 Å². The number of hydrogen-bond donors (Lipinski definition) is 2. The van der Waals surface area contributed by atoms with Gasteiger partial charge < -0.3 is 20.3 Å². The molecule has 1 heterocycles. The summed E-state index contributed by atoms with van der Waals surface area (Å²) in [6.07, 6.45) is 1.44. The summed E-state index contributed by atoms with van der Waals surface area (Å²) in [6.45, 7) is 16.2. The minimum Gasteiger partial charge on any atom is -0.373 e. The second-order valence-corrected chi connectivity index (χ2v) is 8.89. The highest BCUT2D eigenvalue weighted by Crippen LogP contribution is 2.20. The van der Waals surface area contributed by atoms with Crippen LogP contribution >= 0.6 is 0 Å².